The van der Waals surface area contributed by atoms with Gasteiger partial charge >= 0.3 is 0 Å². The minimum absolute atomic E-state index is 0.0937. The lowest BCUT2D eigenvalue weighted by Crippen LogP contribution is -2.38. The van der Waals surface area contributed by atoms with E-state index in [2.05, 4.69) is 45.9 Å². The van der Waals surface area contributed by atoms with E-state index in [0.29, 0.717) is 11.4 Å². The molecule has 0 aliphatic rings. The lowest BCUT2D eigenvalue weighted by molar-refractivity contribution is 0.0499. The third-order valence-corrected chi connectivity index (χ3v) is 6.64. The van der Waals surface area contributed by atoms with E-state index < -0.39 is 5.54 Å². The molecule has 1 N–H and O–H groups in total. The number of hydrogen-bond acceptors (Lipinski definition) is 5. The zero-order chi connectivity index (χ0) is 25.2. The molecule has 0 bridgehead atoms. The Kier molecular flexibility index (Phi) is 5.88. The second-order valence-corrected chi connectivity index (χ2v) is 8.71. The number of aromatic nitrogens is 5. The molecule has 8 heteroatoms. The van der Waals surface area contributed by atoms with Gasteiger partial charge in [0, 0.05) is 12.4 Å². The molecular formula is C29H25N5O3. The maximum atomic E-state index is 13.5. The molecule has 0 amide bonds. The molecule has 0 atom stereocenters. The van der Waals surface area contributed by atoms with Crippen LogP contribution in [0.5, 0.6) is 0 Å². The SMILES string of the molecule is O=c1c2ncn(COCCO)c2nc2n(C(c3ccccc3)(c3ccccc3)c3ccccc3)ccn12. The lowest BCUT2D eigenvalue weighted by atomic mass is 9.76. The van der Waals surface area contributed by atoms with Crippen molar-refractivity contribution in [3.8, 4) is 0 Å². The van der Waals surface area contributed by atoms with Gasteiger partial charge in [0.1, 0.15) is 12.3 Å². The van der Waals surface area contributed by atoms with Gasteiger partial charge in [-0.3, -0.25) is 13.9 Å². The number of fused-ring (bicyclic) bond motifs is 2. The van der Waals surface area contributed by atoms with Gasteiger partial charge in [-0.1, -0.05) is 91.0 Å². The van der Waals surface area contributed by atoms with E-state index in [4.69, 9.17) is 14.8 Å². The second-order valence-electron chi connectivity index (χ2n) is 8.71. The van der Waals surface area contributed by atoms with Crippen molar-refractivity contribution in [1.29, 1.82) is 0 Å². The van der Waals surface area contributed by atoms with Crippen molar-refractivity contribution in [2.75, 3.05) is 13.2 Å². The van der Waals surface area contributed by atoms with Crippen molar-refractivity contribution in [1.82, 2.24) is 23.5 Å². The summed E-state index contributed by atoms with van der Waals surface area (Å²) in [7, 11) is 0. The highest BCUT2D eigenvalue weighted by Crippen LogP contribution is 2.41. The average Bonchev–Trinajstić information content (AvgIpc) is 3.57. The topological polar surface area (TPSA) is 86.6 Å². The average molecular weight is 492 g/mol. The maximum Gasteiger partial charge on any atom is 0.287 e. The van der Waals surface area contributed by atoms with Crippen LogP contribution in [0.3, 0.4) is 0 Å². The predicted octanol–water partition coefficient (Wildman–Crippen LogP) is 3.65. The minimum atomic E-state index is -0.816. The molecule has 0 saturated heterocycles. The Balaban J connectivity index is 1.71. The molecule has 0 spiro atoms. The number of benzene rings is 3. The number of nitrogens with zero attached hydrogens (tertiary/aromatic N) is 5. The third-order valence-electron chi connectivity index (χ3n) is 6.64. The van der Waals surface area contributed by atoms with Crippen LogP contribution in [0.25, 0.3) is 16.9 Å². The molecule has 6 aromatic rings. The van der Waals surface area contributed by atoms with E-state index in [1.807, 2.05) is 60.8 Å². The summed E-state index contributed by atoms with van der Waals surface area (Å²) in [5.74, 6) is 0.470. The number of hydrogen-bond donors (Lipinski definition) is 1. The quantitative estimate of drug-likeness (QED) is 0.259. The third kappa shape index (κ3) is 3.66. The summed E-state index contributed by atoms with van der Waals surface area (Å²) in [5.41, 5.74) is 2.68. The van der Waals surface area contributed by atoms with Gasteiger partial charge in [0.2, 0.25) is 5.78 Å². The Morgan fingerprint density at radius 2 is 1.38 bits per heavy atom. The first kappa shape index (κ1) is 22.9. The van der Waals surface area contributed by atoms with Crippen molar-refractivity contribution in [3.63, 3.8) is 0 Å². The minimum Gasteiger partial charge on any atom is -0.394 e. The molecule has 6 rings (SSSR count). The number of ether oxygens (including phenoxy) is 1. The maximum absolute atomic E-state index is 13.5. The molecule has 0 unspecified atom stereocenters. The van der Waals surface area contributed by atoms with E-state index in [9.17, 15) is 4.79 Å². The first-order valence-electron chi connectivity index (χ1n) is 12.1. The van der Waals surface area contributed by atoms with Crippen LogP contribution in [0.4, 0.5) is 0 Å². The van der Waals surface area contributed by atoms with E-state index in [-0.39, 0.29) is 31.0 Å². The molecule has 184 valence electrons. The number of imidazole rings is 2. The molecule has 37 heavy (non-hydrogen) atoms. The fraction of sp³-hybridized carbons (Fsp3) is 0.138. The fourth-order valence-electron chi connectivity index (χ4n) is 5.04. The summed E-state index contributed by atoms with van der Waals surface area (Å²) in [5, 5.41) is 9.09. The van der Waals surface area contributed by atoms with Crippen LogP contribution in [-0.4, -0.2) is 41.8 Å². The second kappa shape index (κ2) is 9.50. The monoisotopic (exact) mass is 491 g/mol. The molecular weight excluding hydrogens is 466 g/mol. The summed E-state index contributed by atoms with van der Waals surface area (Å²) in [6, 6.07) is 30.7. The highest BCUT2D eigenvalue weighted by atomic mass is 16.5. The van der Waals surface area contributed by atoms with E-state index >= 15 is 0 Å². The first-order valence-corrected chi connectivity index (χ1v) is 12.1. The van der Waals surface area contributed by atoms with Crippen LogP contribution in [0, 0.1) is 0 Å². The molecule has 0 aliphatic heterocycles. The zero-order valence-electron chi connectivity index (χ0n) is 20.0. The number of aliphatic hydroxyl groups is 1. The van der Waals surface area contributed by atoms with Gasteiger partial charge in [0.15, 0.2) is 11.2 Å². The molecule has 3 heterocycles. The fourth-order valence-corrected chi connectivity index (χ4v) is 5.04. The van der Waals surface area contributed by atoms with E-state index in [1.54, 1.807) is 17.1 Å². The van der Waals surface area contributed by atoms with Crippen LogP contribution >= 0.6 is 0 Å². The summed E-state index contributed by atoms with van der Waals surface area (Å²) in [4.78, 5) is 22.8. The van der Waals surface area contributed by atoms with Crippen LogP contribution in [0.1, 0.15) is 16.7 Å². The molecule has 0 aliphatic carbocycles. The standard InChI is InChI=1S/C29H25N5O3/c35-18-19-37-21-32-20-30-25-26(32)31-28-33(27(25)36)16-17-34(28)29(22-10-4-1-5-11-22,23-12-6-2-7-13-23)24-14-8-3-9-15-24/h1-17,20,35H,18-19,21H2. The highest BCUT2D eigenvalue weighted by Gasteiger charge is 2.39. The normalized spacial score (nSPS) is 11.9. The van der Waals surface area contributed by atoms with Crippen LogP contribution in [-0.2, 0) is 17.0 Å². The smallest absolute Gasteiger partial charge is 0.287 e. The van der Waals surface area contributed by atoms with Gasteiger partial charge in [-0.05, 0) is 16.7 Å². The predicted molar refractivity (Wildman–Crippen MR) is 140 cm³/mol. The largest absolute Gasteiger partial charge is 0.394 e. The van der Waals surface area contributed by atoms with Crippen LogP contribution in [0.2, 0.25) is 0 Å². The summed E-state index contributed by atoms with van der Waals surface area (Å²) in [6.07, 6.45) is 5.19. The number of rotatable bonds is 8. The van der Waals surface area contributed by atoms with Crippen molar-refractivity contribution in [2.24, 2.45) is 0 Å². The lowest BCUT2D eigenvalue weighted by Gasteiger charge is -2.37. The molecule has 0 fully saturated rings. The zero-order valence-corrected chi connectivity index (χ0v) is 20.0. The summed E-state index contributed by atoms with van der Waals surface area (Å²) < 4.78 is 10.8. The Labute approximate surface area is 212 Å². The number of aliphatic hydroxyl groups excluding tert-OH is 1. The highest BCUT2D eigenvalue weighted by molar-refractivity contribution is 5.72. The van der Waals surface area contributed by atoms with Gasteiger partial charge in [-0.25, -0.2) is 9.38 Å². The van der Waals surface area contributed by atoms with E-state index in [1.165, 1.54) is 4.40 Å². The van der Waals surface area contributed by atoms with Gasteiger partial charge in [0.25, 0.3) is 5.56 Å². The summed E-state index contributed by atoms with van der Waals surface area (Å²) in [6.45, 7) is 0.210. The Morgan fingerprint density at radius 1 is 0.811 bits per heavy atom. The van der Waals surface area contributed by atoms with E-state index in [0.717, 1.165) is 16.7 Å². The molecule has 0 saturated carbocycles. The Hall–Kier alpha value is -4.53. The van der Waals surface area contributed by atoms with Crippen molar-refractivity contribution in [2.45, 2.75) is 12.3 Å². The Bertz CT molecular complexity index is 1610. The molecule has 8 nitrogen and oxygen atoms in total. The van der Waals surface area contributed by atoms with Crippen LogP contribution in [0.15, 0.2) is 115 Å². The summed E-state index contributed by atoms with van der Waals surface area (Å²) >= 11 is 0. The van der Waals surface area contributed by atoms with Gasteiger partial charge < -0.3 is 9.84 Å². The van der Waals surface area contributed by atoms with Gasteiger partial charge in [-0.15, -0.1) is 0 Å². The van der Waals surface area contributed by atoms with Crippen molar-refractivity contribution >= 4 is 16.9 Å². The Morgan fingerprint density at radius 3 is 1.92 bits per heavy atom. The van der Waals surface area contributed by atoms with Crippen molar-refractivity contribution in [3.05, 3.63) is 137 Å². The van der Waals surface area contributed by atoms with Gasteiger partial charge in [0.05, 0.1) is 19.5 Å². The van der Waals surface area contributed by atoms with Crippen LogP contribution < -0.4 is 5.56 Å². The molecule has 0 radical (unpaired) electrons. The molecule has 3 aromatic heterocycles. The molecule has 3 aromatic carbocycles. The van der Waals surface area contributed by atoms with Crippen molar-refractivity contribution < 1.29 is 9.84 Å². The van der Waals surface area contributed by atoms with Gasteiger partial charge in [-0.2, -0.15) is 4.98 Å². The first-order chi connectivity index (χ1) is 18.2.